The Morgan fingerprint density at radius 2 is 1.38 bits per heavy atom. The van der Waals surface area contributed by atoms with Gasteiger partial charge in [0.15, 0.2) is 0 Å². The summed E-state index contributed by atoms with van der Waals surface area (Å²) in [4.78, 5) is 25.7. The van der Waals surface area contributed by atoms with Crippen molar-refractivity contribution in [3.05, 3.63) is 22.2 Å². The lowest BCUT2D eigenvalue weighted by Gasteiger charge is -2.23. The van der Waals surface area contributed by atoms with Crippen LogP contribution in [0.2, 0.25) is 0 Å². The molecule has 120 valence electrons. The first-order valence-corrected chi connectivity index (χ1v) is 6.94. The zero-order chi connectivity index (χ0) is 17.3. The van der Waals surface area contributed by atoms with Crippen LogP contribution in [0.5, 0.6) is 0 Å². The molecule has 0 fully saturated rings. The van der Waals surface area contributed by atoms with Gasteiger partial charge >= 0.3 is 0 Å². The monoisotopic (exact) mass is 362 g/mol. The molecule has 0 unspecified atom stereocenters. The Morgan fingerprint density at radius 3 is 1.67 bits per heavy atom. The summed E-state index contributed by atoms with van der Waals surface area (Å²) >= 11 is 3.51. The molecule has 1 aromatic heterocycles. The van der Waals surface area contributed by atoms with Crippen molar-refractivity contribution in [1.29, 1.82) is 0 Å². The molecule has 0 spiro atoms. The quantitative estimate of drug-likeness (QED) is 0.687. The maximum absolute atomic E-state index is 8.36. The number of nitrogens with zero attached hydrogens (tertiary/aromatic N) is 2. The predicted molar refractivity (Wildman–Crippen MR) is 84.5 cm³/mol. The summed E-state index contributed by atoms with van der Waals surface area (Å²) in [5.41, 5.74) is 1.12. The first-order chi connectivity index (χ1) is 9.45. The van der Waals surface area contributed by atoms with E-state index in [0.717, 1.165) is 16.0 Å². The minimum Gasteiger partial charge on any atom is -0.483 e. The largest absolute Gasteiger partial charge is 0.483 e. The normalized spacial score (nSPS) is 10.4. The summed E-state index contributed by atoms with van der Waals surface area (Å²) < 4.78 is 0.989. The summed E-state index contributed by atoms with van der Waals surface area (Å²) in [7, 11) is 0. The molecule has 0 aliphatic carbocycles. The van der Waals surface area contributed by atoms with Crippen molar-refractivity contribution in [2.24, 2.45) is 0 Å². The second-order valence-corrected chi connectivity index (χ2v) is 6.96. The number of hydrogen-bond donors (Lipinski definition) is 2. The summed E-state index contributed by atoms with van der Waals surface area (Å²) in [6.45, 7) is 12.4. The average Bonchev–Trinajstić information content (AvgIpc) is 2.28. The highest BCUT2D eigenvalue weighted by Crippen LogP contribution is 2.29. The number of rotatable bonds is 0. The highest BCUT2D eigenvalue weighted by Gasteiger charge is 2.24. The van der Waals surface area contributed by atoms with E-state index in [1.807, 2.05) is 6.20 Å². The Balaban J connectivity index is 0. The van der Waals surface area contributed by atoms with Crippen LogP contribution in [-0.2, 0) is 20.4 Å². The maximum atomic E-state index is 8.36. The third kappa shape index (κ3) is 9.12. The van der Waals surface area contributed by atoms with Crippen LogP contribution in [0.3, 0.4) is 0 Å². The van der Waals surface area contributed by atoms with E-state index in [0.29, 0.717) is 0 Å². The van der Waals surface area contributed by atoms with Crippen molar-refractivity contribution in [3.8, 4) is 0 Å². The van der Waals surface area contributed by atoms with Gasteiger partial charge in [-0.05, 0) is 15.9 Å². The van der Waals surface area contributed by atoms with Crippen LogP contribution in [0.25, 0.3) is 0 Å². The molecule has 1 rings (SSSR count). The van der Waals surface area contributed by atoms with Crippen LogP contribution in [0.1, 0.15) is 53.1 Å². The molecule has 0 aromatic carbocycles. The van der Waals surface area contributed by atoms with Crippen molar-refractivity contribution >= 4 is 28.9 Å². The van der Waals surface area contributed by atoms with Crippen molar-refractivity contribution in [1.82, 2.24) is 9.97 Å². The minimum atomic E-state index is -0.250. The smallest absolute Gasteiger partial charge is 0.290 e. The van der Waals surface area contributed by atoms with E-state index < -0.39 is 0 Å². The van der Waals surface area contributed by atoms with Crippen molar-refractivity contribution < 1.29 is 19.8 Å². The molecule has 0 saturated carbocycles. The molecular weight excluding hydrogens is 340 g/mol. The second-order valence-electron chi connectivity index (χ2n) is 6.10. The fourth-order valence-corrected chi connectivity index (χ4v) is 2.04. The SMILES string of the molecule is CC(C)(C)c1ncc(Br)c(C(C)(C)C)n1.O=CO.O=CO. The molecule has 0 aliphatic rings. The standard InChI is InChI=1S/C12H19BrN2.2CH2O2/c1-11(2,3)9-8(13)7-14-10(15-9)12(4,5)6;2*2-1-3/h7H,1-6H3;2*1H,(H,2,3). The van der Waals surface area contributed by atoms with E-state index in [4.69, 9.17) is 19.8 Å². The van der Waals surface area contributed by atoms with Crippen molar-refractivity contribution in [2.75, 3.05) is 0 Å². The van der Waals surface area contributed by atoms with Crippen molar-refractivity contribution in [2.45, 2.75) is 52.4 Å². The summed E-state index contributed by atoms with van der Waals surface area (Å²) in [6, 6.07) is 0. The summed E-state index contributed by atoms with van der Waals surface area (Å²) in [6.07, 6.45) is 1.86. The molecule has 1 aromatic rings. The number of halogens is 1. The molecule has 0 saturated heterocycles. The molecule has 0 atom stereocenters. The first-order valence-electron chi connectivity index (χ1n) is 6.14. The van der Waals surface area contributed by atoms with Gasteiger partial charge < -0.3 is 10.2 Å². The van der Waals surface area contributed by atoms with E-state index in [1.54, 1.807) is 0 Å². The molecule has 2 N–H and O–H groups in total. The van der Waals surface area contributed by atoms with Crippen LogP contribution in [0.4, 0.5) is 0 Å². The molecule has 1 heterocycles. The summed E-state index contributed by atoms with van der Waals surface area (Å²) in [5.74, 6) is 0.899. The molecule has 0 radical (unpaired) electrons. The number of carbonyl (C=O) groups is 2. The number of carboxylic acid groups (broad SMARTS) is 2. The fourth-order valence-electron chi connectivity index (χ4n) is 1.25. The maximum Gasteiger partial charge on any atom is 0.290 e. The van der Waals surface area contributed by atoms with Gasteiger partial charge in [0.25, 0.3) is 12.9 Å². The van der Waals surface area contributed by atoms with E-state index in [9.17, 15) is 0 Å². The molecule has 0 amide bonds. The van der Waals surface area contributed by atoms with Crippen LogP contribution in [0.15, 0.2) is 10.7 Å². The van der Waals surface area contributed by atoms with Gasteiger partial charge in [-0.1, -0.05) is 41.5 Å². The third-order valence-corrected chi connectivity index (χ3v) is 2.71. The van der Waals surface area contributed by atoms with Gasteiger partial charge in [-0.2, -0.15) is 0 Å². The van der Waals surface area contributed by atoms with E-state index in [1.165, 1.54) is 0 Å². The number of aromatic nitrogens is 2. The van der Waals surface area contributed by atoms with E-state index in [2.05, 4.69) is 67.4 Å². The molecule has 21 heavy (non-hydrogen) atoms. The lowest BCUT2D eigenvalue weighted by Crippen LogP contribution is -2.21. The van der Waals surface area contributed by atoms with Crippen LogP contribution in [-0.4, -0.2) is 33.1 Å². The molecule has 6 nitrogen and oxygen atoms in total. The van der Waals surface area contributed by atoms with Gasteiger partial charge in [0.2, 0.25) is 0 Å². The first kappa shape index (κ1) is 21.8. The Morgan fingerprint density at radius 1 is 1.00 bits per heavy atom. The fraction of sp³-hybridized carbons (Fsp3) is 0.571. The van der Waals surface area contributed by atoms with Gasteiger partial charge in [-0.15, -0.1) is 0 Å². The summed E-state index contributed by atoms with van der Waals surface area (Å²) in [5, 5.41) is 13.8. The van der Waals surface area contributed by atoms with Gasteiger partial charge in [0.05, 0.1) is 10.2 Å². The lowest BCUT2D eigenvalue weighted by molar-refractivity contribution is -0.123. The Kier molecular flexibility index (Phi) is 9.79. The Labute approximate surface area is 133 Å². The van der Waals surface area contributed by atoms with Gasteiger partial charge in [-0.3, -0.25) is 9.59 Å². The molecule has 0 bridgehead atoms. The van der Waals surface area contributed by atoms with Crippen LogP contribution >= 0.6 is 15.9 Å². The minimum absolute atomic E-state index is 0.000694. The van der Waals surface area contributed by atoms with Crippen molar-refractivity contribution in [3.63, 3.8) is 0 Å². The number of hydrogen-bond acceptors (Lipinski definition) is 4. The zero-order valence-electron chi connectivity index (χ0n) is 13.2. The zero-order valence-corrected chi connectivity index (χ0v) is 14.8. The van der Waals surface area contributed by atoms with Gasteiger partial charge in [0.1, 0.15) is 5.82 Å². The lowest BCUT2D eigenvalue weighted by atomic mass is 9.90. The molecule has 0 aliphatic heterocycles. The predicted octanol–water partition coefficient (Wildman–Crippen LogP) is 3.24. The van der Waals surface area contributed by atoms with Crippen LogP contribution < -0.4 is 0 Å². The van der Waals surface area contributed by atoms with Gasteiger partial charge in [-0.25, -0.2) is 9.97 Å². The Bertz CT molecular complexity index is 445. The van der Waals surface area contributed by atoms with E-state index in [-0.39, 0.29) is 23.8 Å². The average molecular weight is 363 g/mol. The topological polar surface area (TPSA) is 100 Å². The highest BCUT2D eigenvalue weighted by atomic mass is 79.9. The highest BCUT2D eigenvalue weighted by molar-refractivity contribution is 9.10. The second kappa shape index (κ2) is 9.44. The third-order valence-electron chi connectivity index (χ3n) is 2.13. The van der Waals surface area contributed by atoms with Crippen LogP contribution in [0, 0.1) is 0 Å². The molecule has 7 heteroatoms. The van der Waals surface area contributed by atoms with Gasteiger partial charge in [0, 0.05) is 17.0 Å². The Hall–Kier alpha value is -1.50. The molecular formula is C14H23BrN2O4. The van der Waals surface area contributed by atoms with E-state index >= 15 is 0 Å².